The molecular formula is C11H11IN2O3. The van der Waals surface area contributed by atoms with E-state index in [0.717, 1.165) is 5.56 Å². The average molecular weight is 346 g/mol. The van der Waals surface area contributed by atoms with E-state index in [1.54, 1.807) is 17.5 Å². The zero-order chi connectivity index (χ0) is 12.3. The summed E-state index contributed by atoms with van der Waals surface area (Å²) in [5.74, 6) is -0.363. The highest BCUT2D eigenvalue weighted by Gasteiger charge is 2.12. The first kappa shape index (κ1) is 12.3. The van der Waals surface area contributed by atoms with Gasteiger partial charge in [0.1, 0.15) is 28.7 Å². The van der Waals surface area contributed by atoms with Gasteiger partial charge in [-0.3, -0.25) is 4.40 Å². The molecule has 2 aromatic rings. The van der Waals surface area contributed by atoms with Crippen LogP contribution in [0.25, 0.3) is 5.65 Å². The Morgan fingerprint density at radius 1 is 1.59 bits per heavy atom. The average Bonchev–Trinajstić information content (AvgIpc) is 2.73. The number of halogens is 1. The molecule has 0 aliphatic rings. The Morgan fingerprint density at radius 3 is 3.12 bits per heavy atom. The number of aromatic nitrogens is 2. The first-order valence-corrected chi connectivity index (χ1v) is 6.01. The number of hydrogen-bond donors (Lipinski definition) is 0. The summed E-state index contributed by atoms with van der Waals surface area (Å²) < 4.78 is 11.7. The van der Waals surface area contributed by atoms with E-state index in [2.05, 4.69) is 4.98 Å². The molecular weight excluding hydrogens is 335 g/mol. The zero-order valence-electron chi connectivity index (χ0n) is 9.22. The summed E-state index contributed by atoms with van der Waals surface area (Å²) in [5.41, 5.74) is 2.15. The van der Waals surface area contributed by atoms with Crippen molar-refractivity contribution < 1.29 is 12.6 Å². The quantitative estimate of drug-likeness (QED) is 0.630. The van der Waals surface area contributed by atoms with Gasteiger partial charge in [-0.15, -0.1) is 0 Å². The first-order chi connectivity index (χ1) is 8.26. The number of hydrogen-bond acceptors (Lipinski definition) is 4. The highest BCUT2D eigenvalue weighted by atomic mass is 127. The highest BCUT2D eigenvalue weighted by molar-refractivity contribution is 14.1. The van der Waals surface area contributed by atoms with Gasteiger partial charge in [0.05, 0.1) is 19.4 Å². The van der Waals surface area contributed by atoms with E-state index in [1.165, 1.54) is 6.20 Å². The van der Waals surface area contributed by atoms with E-state index in [-0.39, 0.29) is 5.97 Å². The van der Waals surface area contributed by atoms with Crippen LogP contribution in [0.15, 0.2) is 24.5 Å². The summed E-state index contributed by atoms with van der Waals surface area (Å²) in [6.45, 7) is 2.64. The predicted molar refractivity (Wildman–Crippen MR) is 70.0 cm³/mol. The fourth-order valence-corrected chi connectivity index (χ4v) is 1.89. The lowest BCUT2D eigenvalue weighted by Crippen LogP contribution is -2.07. The van der Waals surface area contributed by atoms with Gasteiger partial charge >= 0.3 is 5.97 Å². The lowest BCUT2D eigenvalue weighted by molar-refractivity contribution is 0.0518. The Hall–Kier alpha value is -1.15. The maximum absolute atomic E-state index is 11.6. The van der Waals surface area contributed by atoms with Crippen molar-refractivity contribution in [3.05, 3.63) is 35.8 Å². The largest absolute Gasteiger partial charge is 0.461 e. The number of carbonyl (C=O) groups is 1. The fraction of sp³-hybridized carbons (Fsp3) is 0.273. The minimum Gasteiger partial charge on any atom is -0.461 e. The highest BCUT2D eigenvalue weighted by Crippen LogP contribution is 2.12. The SMILES string of the molecule is CCOC(=O)c1cnc2cc(COI)ccn12. The van der Waals surface area contributed by atoms with Crippen molar-refractivity contribution in [2.75, 3.05) is 6.61 Å². The number of carbonyl (C=O) groups excluding carboxylic acids is 1. The molecule has 2 aromatic heterocycles. The van der Waals surface area contributed by atoms with Crippen molar-refractivity contribution >= 4 is 34.6 Å². The van der Waals surface area contributed by atoms with Gasteiger partial charge in [-0.05, 0) is 24.6 Å². The first-order valence-electron chi connectivity index (χ1n) is 5.13. The number of imidazole rings is 1. The molecule has 6 heteroatoms. The molecule has 0 bridgehead atoms. The van der Waals surface area contributed by atoms with Gasteiger partial charge in [0, 0.05) is 6.20 Å². The van der Waals surface area contributed by atoms with Crippen molar-refractivity contribution in [3.8, 4) is 0 Å². The monoisotopic (exact) mass is 346 g/mol. The molecule has 0 unspecified atom stereocenters. The second-order valence-corrected chi connectivity index (χ2v) is 4.00. The lowest BCUT2D eigenvalue weighted by Gasteiger charge is -2.03. The van der Waals surface area contributed by atoms with Crippen molar-refractivity contribution in [1.82, 2.24) is 9.38 Å². The van der Waals surface area contributed by atoms with Gasteiger partial charge in [0.2, 0.25) is 0 Å². The third kappa shape index (κ3) is 2.58. The van der Waals surface area contributed by atoms with Crippen LogP contribution in [0.5, 0.6) is 0 Å². The maximum Gasteiger partial charge on any atom is 0.356 e. The number of ether oxygens (including phenoxy) is 1. The third-order valence-electron chi connectivity index (χ3n) is 2.28. The minimum absolute atomic E-state index is 0.354. The third-order valence-corrected chi connectivity index (χ3v) is 2.59. The molecule has 0 aromatic carbocycles. The van der Waals surface area contributed by atoms with Crippen LogP contribution < -0.4 is 0 Å². The van der Waals surface area contributed by atoms with E-state index in [9.17, 15) is 4.79 Å². The summed E-state index contributed by atoms with van der Waals surface area (Å²) in [6.07, 6.45) is 3.31. The van der Waals surface area contributed by atoms with E-state index in [0.29, 0.717) is 24.6 Å². The van der Waals surface area contributed by atoms with Crippen LogP contribution in [0.3, 0.4) is 0 Å². The number of nitrogens with zero attached hydrogens (tertiary/aromatic N) is 2. The normalized spacial score (nSPS) is 10.7. The number of esters is 1. The summed E-state index contributed by atoms with van der Waals surface area (Å²) in [4.78, 5) is 15.8. The van der Waals surface area contributed by atoms with Crippen LogP contribution in [-0.2, 0) is 14.4 Å². The Balaban J connectivity index is 2.38. The van der Waals surface area contributed by atoms with E-state index in [4.69, 9.17) is 7.80 Å². The Labute approximate surface area is 112 Å². The molecule has 2 rings (SSSR count). The van der Waals surface area contributed by atoms with E-state index >= 15 is 0 Å². The molecule has 2 heterocycles. The number of rotatable bonds is 4. The Morgan fingerprint density at radius 2 is 2.41 bits per heavy atom. The fourth-order valence-electron chi connectivity index (χ4n) is 1.53. The molecule has 0 fully saturated rings. The molecule has 90 valence electrons. The van der Waals surface area contributed by atoms with Crippen LogP contribution in [0.1, 0.15) is 23.0 Å². The molecule has 0 radical (unpaired) electrons. The standard InChI is InChI=1S/C11H11IN2O3/c1-2-16-11(15)9-6-13-10-5-8(7-17-12)3-4-14(9)10/h3-6H,2,7H2,1H3. The van der Waals surface area contributed by atoms with Gasteiger partial charge in [-0.1, -0.05) is 0 Å². The number of fused-ring (bicyclic) bond motifs is 1. The van der Waals surface area contributed by atoms with Crippen LogP contribution in [0.2, 0.25) is 0 Å². The summed E-state index contributed by atoms with van der Waals surface area (Å²) in [6, 6.07) is 3.76. The molecule has 0 amide bonds. The van der Waals surface area contributed by atoms with Crippen molar-refractivity contribution in [1.29, 1.82) is 0 Å². The second-order valence-electron chi connectivity index (χ2n) is 3.38. The van der Waals surface area contributed by atoms with Crippen LogP contribution in [0, 0.1) is 0 Å². The molecule has 0 aliphatic carbocycles. The summed E-state index contributed by atoms with van der Waals surface area (Å²) >= 11 is 1.84. The minimum atomic E-state index is -0.363. The summed E-state index contributed by atoms with van der Waals surface area (Å²) in [7, 11) is 0. The number of pyridine rings is 1. The predicted octanol–water partition coefficient (Wildman–Crippen LogP) is 2.38. The van der Waals surface area contributed by atoms with Gasteiger partial charge < -0.3 is 7.80 Å². The van der Waals surface area contributed by atoms with Gasteiger partial charge in [-0.2, -0.15) is 0 Å². The molecule has 17 heavy (non-hydrogen) atoms. The van der Waals surface area contributed by atoms with Crippen LogP contribution >= 0.6 is 23.0 Å². The molecule has 0 N–H and O–H groups in total. The van der Waals surface area contributed by atoms with Crippen molar-refractivity contribution in [2.45, 2.75) is 13.5 Å². The molecule has 0 saturated carbocycles. The van der Waals surface area contributed by atoms with E-state index in [1.807, 2.05) is 35.1 Å². The molecule has 0 saturated heterocycles. The topological polar surface area (TPSA) is 52.8 Å². The zero-order valence-corrected chi connectivity index (χ0v) is 11.4. The Bertz CT molecular complexity index is 538. The summed E-state index contributed by atoms with van der Waals surface area (Å²) in [5, 5.41) is 0. The van der Waals surface area contributed by atoms with Crippen LogP contribution in [-0.4, -0.2) is 22.0 Å². The van der Waals surface area contributed by atoms with Gasteiger partial charge in [-0.25, -0.2) is 9.78 Å². The maximum atomic E-state index is 11.6. The van der Waals surface area contributed by atoms with Gasteiger partial charge in [0.25, 0.3) is 0 Å². The van der Waals surface area contributed by atoms with E-state index < -0.39 is 0 Å². The molecule has 0 aliphatic heterocycles. The van der Waals surface area contributed by atoms with Crippen LogP contribution in [0.4, 0.5) is 0 Å². The molecule has 5 nitrogen and oxygen atoms in total. The molecule has 0 spiro atoms. The van der Waals surface area contributed by atoms with Gasteiger partial charge in [0.15, 0.2) is 5.69 Å². The lowest BCUT2D eigenvalue weighted by atomic mass is 10.3. The molecule has 0 atom stereocenters. The van der Waals surface area contributed by atoms with Crippen molar-refractivity contribution in [3.63, 3.8) is 0 Å². The van der Waals surface area contributed by atoms with Crippen molar-refractivity contribution in [2.24, 2.45) is 0 Å². The second kappa shape index (κ2) is 5.46. The smallest absolute Gasteiger partial charge is 0.356 e. The Kier molecular flexibility index (Phi) is 3.95.